The van der Waals surface area contributed by atoms with Crippen LogP contribution >= 0.6 is 0 Å². The fourth-order valence-corrected chi connectivity index (χ4v) is 0.958. The van der Waals surface area contributed by atoms with Gasteiger partial charge in [0.1, 0.15) is 6.10 Å². The molecule has 0 rings (SSSR count). The van der Waals surface area contributed by atoms with E-state index in [-0.39, 0.29) is 6.10 Å². The van der Waals surface area contributed by atoms with Crippen molar-refractivity contribution in [1.29, 1.82) is 0 Å². The van der Waals surface area contributed by atoms with Gasteiger partial charge in [0.15, 0.2) is 0 Å². The fraction of sp³-hybridized carbons (Fsp3) is 0.875. The topological polar surface area (TPSA) is 55.8 Å². The van der Waals surface area contributed by atoms with Crippen LogP contribution in [0.15, 0.2) is 0 Å². The number of hydrogen-bond acceptors (Lipinski definition) is 4. The third-order valence-electron chi connectivity index (χ3n) is 1.25. The average molecular weight is 176 g/mol. The minimum atomic E-state index is -0.826. The second kappa shape index (κ2) is 4.30. The standard InChI is InChI=1S/C8H16O4/c1-6(5-8(2,3)10)12-7(9)11-4/h6,10H,5H2,1-4H3/t6-/m1/s1. The van der Waals surface area contributed by atoms with Crippen molar-refractivity contribution >= 4 is 6.16 Å². The van der Waals surface area contributed by atoms with Gasteiger partial charge in [0.25, 0.3) is 0 Å². The summed E-state index contributed by atoms with van der Waals surface area (Å²) in [6, 6.07) is 0. The van der Waals surface area contributed by atoms with E-state index in [9.17, 15) is 9.90 Å². The highest BCUT2D eigenvalue weighted by Gasteiger charge is 2.19. The van der Waals surface area contributed by atoms with E-state index in [1.54, 1.807) is 20.8 Å². The lowest BCUT2D eigenvalue weighted by molar-refractivity contribution is -0.00623. The van der Waals surface area contributed by atoms with Crippen molar-refractivity contribution in [2.75, 3.05) is 7.11 Å². The Morgan fingerprint density at radius 3 is 2.42 bits per heavy atom. The maximum absolute atomic E-state index is 10.6. The summed E-state index contributed by atoms with van der Waals surface area (Å²) in [6.45, 7) is 5.02. The highest BCUT2D eigenvalue weighted by atomic mass is 16.7. The lowest BCUT2D eigenvalue weighted by Crippen LogP contribution is -2.27. The summed E-state index contributed by atoms with van der Waals surface area (Å²) in [5.74, 6) is 0. The lowest BCUT2D eigenvalue weighted by atomic mass is 10.0. The molecule has 0 fully saturated rings. The molecule has 1 N–H and O–H groups in total. The number of ether oxygens (including phenoxy) is 2. The zero-order valence-corrected chi connectivity index (χ0v) is 7.96. The molecule has 72 valence electrons. The van der Waals surface area contributed by atoms with Crippen LogP contribution in [0.1, 0.15) is 27.2 Å². The van der Waals surface area contributed by atoms with E-state index < -0.39 is 11.8 Å². The summed E-state index contributed by atoms with van der Waals surface area (Å²) in [6.07, 6.45) is -0.661. The molecule has 0 aliphatic rings. The number of carbonyl (C=O) groups excluding carboxylic acids is 1. The Bertz CT molecular complexity index is 148. The van der Waals surface area contributed by atoms with Gasteiger partial charge in [-0.25, -0.2) is 4.79 Å². The number of methoxy groups -OCH3 is 1. The van der Waals surface area contributed by atoms with E-state index in [1.807, 2.05) is 0 Å². The SMILES string of the molecule is COC(=O)O[C@H](C)CC(C)(C)O. The van der Waals surface area contributed by atoms with Crippen LogP contribution in [-0.4, -0.2) is 30.1 Å². The summed E-state index contributed by atoms with van der Waals surface area (Å²) in [4.78, 5) is 10.6. The van der Waals surface area contributed by atoms with Gasteiger partial charge in [-0.3, -0.25) is 0 Å². The summed E-state index contributed by atoms with van der Waals surface area (Å²) < 4.78 is 9.05. The summed E-state index contributed by atoms with van der Waals surface area (Å²) >= 11 is 0. The molecule has 4 heteroatoms. The van der Waals surface area contributed by atoms with Crippen molar-refractivity contribution in [1.82, 2.24) is 0 Å². The Morgan fingerprint density at radius 2 is 2.08 bits per heavy atom. The van der Waals surface area contributed by atoms with Gasteiger partial charge in [-0.1, -0.05) is 0 Å². The van der Waals surface area contributed by atoms with E-state index in [0.717, 1.165) is 0 Å². The van der Waals surface area contributed by atoms with Crippen molar-refractivity contribution in [3.63, 3.8) is 0 Å². The third-order valence-corrected chi connectivity index (χ3v) is 1.25. The van der Waals surface area contributed by atoms with Crippen molar-refractivity contribution in [2.45, 2.75) is 38.9 Å². The first-order valence-electron chi connectivity index (χ1n) is 3.82. The number of hydrogen-bond donors (Lipinski definition) is 1. The van der Waals surface area contributed by atoms with Crippen molar-refractivity contribution in [3.8, 4) is 0 Å². The van der Waals surface area contributed by atoms with Gasteiger partial charge in [-0.05, 0) is 20.8 Å². The number of rotatable bonds is 3. The van der Waals surface area contributed by atoms with Gasteiger partial charge in [0.2, 0.25) is 0 Å². The summed E-state index contributed by atoms with van der Waals surface area (Å²) in [7, 11) is 1.25. The molecule has 0 aliphatic heterocycles. The van der Waals surface area contributed by atoms with Crippen molar-refractivity contribution in [2.24, 2.45) is 0 Å². The summed E-state index contributed by atoms with van der Waals surface area (Å²) in [5, 5.41) is 9.34. The normalized spacial score (nSPS) is 13.8. The van der Waals surface area contributed by atoms with Gasteiger partial charge < -0.3 is 14.6 Å². The van der Waals surface area contributed by atoms with E-state index in [2.05, 4.69) is 4.74 Å². The van der Waals surface area contributed by atoms with Gasteiger partial charge >= 0.3 is 6.16 Å². The molecule has 0 aromatic carbocycles. The molecule has 0 bridgehead atoms. The smallest absolute Gasteiger partial charge is 0.438 e. The van der Waals surface area contributed by atoms with Gasteiger partial charge in [0.05, 0.1) is 12.7 Å². The molecule has 0 saturated heterocycles. The zero-order valence-electron chi connectivity index (χ0n) is 7.96. The van der Waals surface area contributed by atoms with Crippen molar-refractivity contribution < 1.29 is 19.4 Å². The molecular formula is C8H16O4. The van der Waals surface area contributed by atoms with Crippen LogP contribution in [0.25, 0.3) is 0 Å². The maximum Gasteiger partial charge on any atom is 0.508 e. The average Bonchev–Trinajstić information content (AvgIpc) is 1.82. The molecule has 0 radical (unpaired) electrons. The minimum Gasteiger partial charge on any atom is -0.438 e. The molecule has 0 amide bonds. The van der Waals surface area contributed by atoms with E-state index in [4.69, 9.17) is 4.74 Å². The number of carbonyl (C=O) groups is 1. The largest absolute Gasteiger partial charge is 0.508 e. The van der Waals surface area contributed by atoms with Crippen LogP contribution in [0.3, 0.4) is 0 Å². The Labute approximate surface area is 72.5 Å². The van der Waals surface area contributed by atoms with Crippen LogP contribution in [-0.2, 0) is 9.47 Å². The molecule has 0 unspecified atom stereocenters. The lowest BCUT2D eigenvalue weighted by Gasteiger charge is -2.21. The molecule has 0 aliphatic carbocycles. The monoisotopic (exact) mass is 176 g/mol. The Kier molecular flexibility index (Phi) is 4.03. The molecule has 0 aromatic heterocycles. The Hall–Kier alpha value is -0.770. The Balaban J connectivity index is 3.74. The number of aliphatic hydroxyl groups is 1. The second-order valence-corrected chi connectivity index (χ2v) is 3.40. The molecule has 0 saturated carbocycles. The molecule has 0 heterocycles. The third kappa shape index (κ3) is 5.97. The summed E-state index contributed by atoms with van der Waals surface area (Å²) in [5.41, 5.74) is -0.826. The van der Waals surface area contributed by atoms with Crippen LogP contribution in [0.4, 0.5) is 4.79 Å². The Morgan fingerprint density at radius 1 is 1.58 bits per heavy atom. The zero-order chi connectivity index (χ0) is 9.78. The highest BCUT2D eigenvalue weighted by molar-refractivity contribution is 5.59. The highest BCUT2D eigenvalue weighted by Crippen LogP contribution is 2.12. The van der Waals surface area contributed by atoms with E-state index >= 15 is 0 Å². The predicted molar refractivity (Wildman–Crippen MR) is 43.9 cm³/mol. The first-order chi connectivity index (χ1) is 5.35. The maximum atomic E-state index is 10.6. The first-order valence-corrected chi connectivity index (χ1v) is 3.82. The van der Waals surface area contributed by atoms with Crippen LogP contribution in [0.5, 0.6) is 0 Å². The van der Waals surface area contributed by atoms with Crippen LogP contribution < -0.4 is 0 Å². The molecule has 12 heavy (non-hydrogen) atoms. The van der Waals surface area contributed by atoms with Gasteiger partial charge in [0, 0.05) is 6.42 Å². The fourth-order valence-electron chi connectivity index (χ4n) is 0.958. The predicted octanol–water partition coefficient (Wildman–Crippen LogP) is 1.32. The molecule has 0 aromatic rings. The van der Waals surface area contributed by atoms with E-state index in [0.29, 0.717) is 6.42 Å². The van der Waals surface area contributed by atoms with Crippen LogP contribution in [0.2, 0.25) is 0 Å². The minimum absolute atomic E-state index is 0.336. The molecule has 4 nitrogen and oxygen atoms in total. The van der Waals surface area contributed by atoms with Crippen LogP contribution in [0, 0.1) is 0 Å². The first kappa shape index (κ1) is 11.2. The quantitative estimate of drug-likeness (QED) is 0.659. The van der Waals surface area contributed by atoms with E-state index in [1.165, 1.54) is 7.11 Å². The molecular weight excluding hydrogens is 160 g/mol. The van der Waals surface area contributed by atoms with Gasteiger partial charge in [-0.2, -0.15) is 0 Å². The second-order valence-electron chi connectivity index (χ2n) is 3.40. The molecule has 0 spiro atoms. The van der Waals surface area contributed by atoms with Gasteiger partial charge in [-0.15, -0.1) is 0 Å². The molecule has 1 atom stereocenters. The van der Waals surface area contributed by atoms with Crippen molar-refractivity contribution in [3.05, 3.63) is 0 Å².